The van der Waals surface area contributed by atoms with Crippen LogP contribution in [0.4, 0.5) is 0 Å². The topological polar surface area (TPSA) is 74.2 Å². The van der Waals surface area contributed by atoms with Crippen LogP contribution in [-0.2, 0) is 0 Å². The predicted molar refractivity (Wildman–Crippen MR) is 73.4 cm³/mol. The summed E-state index contributed by atoms with van der Waals surface area (Å²) in [7, 11) is 1.57. The molecular weight excluding hydrogens is 266 g/mol. The Morgan fingerprint density at radius 1 is 1.37 bits per heavy atom. The highest BCUT2D eigenvalue weighted by Crippen LogP contribution is 2.31. The first-order chi connectivity index (χ1) is 9.02. The van der Waals surface area contributed by atoms with Gasteiger partial charge in [-0.3, -0.25) is 0 Å². The SMILES string of the molecule is COc1cc(Cl)ccc1-c1noc(C(C)C(C)N)n1. The van der Waals surface area contributed by atoms with E-state index in [2.05, 4.69) is 10.1 Å². The zero-order chi connectivity index (χ0) is 14.0. The number of halogens is 1. The van der Waals surface area contributed by atoms with Crippen molar-refractivity contribution in [3.05, 3.63) is 29.1 Å². The van der Waals surface area contributed by atoms with Gasteiger partial charge in [0.15, 0.2) is 0 Å². The van der Waals surface area contributed by atoms with E-state index < -0.39 is 0 Å². The summed E-state index contributed by atoms with van der Waals surface area (Å²) in [6, 6.07) is 5.21. The second-order valence-corrected chi connectivity index (χ2v) is 4.89. The Morgan fingerprint density at radius 3 is 2.74 bits per heavy atom. The number of nitrogens with two attached hydrogens (primary N) is 1. The number of ether oxygens (including phenoxy) is 1. The molecule has 102 valence electrons. The van der Waals surface area contributed by atoms with Crippen LogP contribution in [0.25, 0.3) is 11.4 Å². The molecule has 0 fully saturated rings. The first kappa shape index (κ1) is 13.8. The molecule has 0 aliphatic carbocycles. The average molecular weight is 282 g/mol. The van der Waals surface area contributed by atoms with E-state index in [0.717, 1.165) is 5.56 Å². The van der Waals surface area contributed by atoms with E-state index in [-0.39, 0.29) is 12.0 Å². The van der Waals surface area contributed by atoms with Crippen molar-refractivity contribution in [2.75, 3.05) is 7.11 Å². The van der Waals surface area contributed by atoms with E-state index >= 15 is 0 Å². The van der Waals surface area contributed by atoms with Crippen molar-refractivity contribution in [3.63, 3.8) is 0 Å². The van der Waals surface area contributed by atoms with Crippen LogP contribution in [-0.4, -0.2) is 23.3 Å². The van der Waals surface area contributed by atoms with Crippen molar-refractivity contribution in [2.45, 2.75) is 25.8 Å². The number of hydrogen-bond donors (Lipinski definition) is 1. The van der Waals surface area contributed by atoms with Crippen LogP contribution in [0.3, 0.4) is 0 Å². The highest BCUT2D eigenvalue weighted by atomic mass is 35.5. The first-order valence-corrected chi connectivity index (χ1v) is 6.33. The van der Waals surface area contributed by atoms with Gasteiger partial charge in [0.2, 0.25) is 11.7 Å². The summed E-state index contributed by atoms with van der Waals surface area (Å²) in [4.78, 5) is 4.36. The molecule has 2 aromatic rings. The minimum atomic E-state index is -0.0552. The summed E-state index contributed by atoms with van der Waals surface area (Å²) in [5.41, 5.74) is 6.56. The Labute approximate surface area is 116 Å². The van der Waals surface area contributed by atoms with Gasteiger partial charge in [-0.1, -0.05) is 23.7 Å². The monoisotopic (exact) mass is 281 g/mol. The van der Waals surface area contributed by atoms with E-state index in [4.69, 9.17) is 26.6 Å². The highest BCUT2D eigenvalue weighted by Gasteiger charge is 2.20. The number of methoxy groups -OCH3 is 1. The zero-order valence-corrected chi connectivity index (χ0v) is 11.8. The largest absolute Gasteiger partial charge is 0.496 e. The molecule has 0 bridgehead atoms. The maximum atomic E-state index is 5.92. The lowest BCUT2D eigenvalue weighted by Crippen LogP contribution is -2.22. The van der Waals surface area contributed by atoms with Crippen molar-refractivity contribution < 1.29 is 9.26 Å². The Bertz CT molecular complexity index is 569. The molecule has 0 amide bonds. The molecule has 1 aromatic carbocycles. The molecule has 0 radical (unpaired) electrons. The van der Waals surface area contributed by atoms with E-state index in [1.54, 1.807) is 25.3 Å². The molecule has 2 atom stereocenters. The lowest BCUT2D eigenvalue weighted by atomic mass is 10.1. The van der Waals surface area contributed by atoms with Crippen LogP contribution < -0.4 is 10.5 Å². The summed E-state index contributed by atoms with van der Waals surface area (Å²) in [6.45, 7) is 3.85. The fraction of sp³-hybridized carbons (Fsp3) is 0.385. The number of nitrogens with zero attached hydrogens (tertiary/aromatic N) is 2. The molecule has 0 saturated heterocycles. The smallest absolute Gasteiger partial charge is 0.231 e. The first-order valence-electron chi connectivity index (χ1n) is 5.96. The van der Waals surface area contributed by atoms with E-state index in [9.17, 15) is 0 Å². The van der Waals surface area contributed by atoms with Crippen molar-refractivity contribution in [3.8, 4) is 17.1 Å². The summed E-state index contributed by atoms with van der Waals surface area (Å²) < 4.78 is 10.5. The van der Waals surface area contributed by atoms with Gasteiger partial charge in [-0.25, -0.2) is 0 Å². The van der Waals surface area contributed by atoms with Crippen molar-refractivity contribution >= 4 is 11.6 Å². The predicted octanol–water partition coefficient (Wildman–Crippen LogP) is 2.85. The van der Waals surface area contributed by atoms with Gasteiger partial charge in [-0.2, -0.15) is 4.98 Å². The molecule has 5 nitrogen and oxygen atoms in total. The van der Waals surface area contributed by atoms with Crippen LogP contribution in [0.5, 0.6) is 5.75 Å². The normalized spacial score (nSPS) is 14.2. The van der Waals surface area contributed by atoms with Crippen molar-refractivity contribution in [2.24, 2.45) is 5.73 Å². The third-order valence-electron chi connectivity index (χ3n) is 3.02. The lowest BCUT2D eigenvalue weighted by molar-refractivity contribution is 0.346. The highest BCUT2D eigenvalue weighted by molar-refractivity contribution is 6.30. The maximum Gasteiger partial charge on any atom is 0.231 e. The molecule has 19 heavy (non-hydrogen) atoms. The van der Waals surface area contributed by atoms with Gasteiger partial charge in [-0.15, -0.1) is 0 Å². The van der Waals surface area contributed by atoms with E-state index in [1.165, 1.54) is 0 Å². The minimum Gasteiger partial charge on any atom is -0.496 e. The third-order valence-corrected chi connectivity index (χ3v) is 3.26. The van der Waals surface area contributed by atoms with Crippen LogP contribution in [0.15, 0.2) is 22.7 Å². The summed E-state index contributed by atoms with van der Waals surface area (Å²) in [5.74, 6) is 1.59. The molecule has 6 heteroatoms. The average Bonchev–Trinajstić information content (AvgIpc) is 2.86. The lowest BCUT2D eigenvalue weighted by Gasteiger charge is -2.09. The molecule has 0 aliphatic heterocycles. The Morgan fingerprint density at radius 2 is 2.11 bits per heavy atom. The van der Waals surface area contributed by atoms with E-state index in [1.807, 2.05) is 13.8 Å². The number of rotatable bonds is 4. The zero-order valence-electron chi connectivity index (χ0n) is 11.1. The fourth-order valence-corrected chi connectivity index (χ4v) is 1.77. The van der Waals surface area contributed by atoms with Gasteiger partial charge in [0.25, 0.3) is 0 Å². The van der Waals surface area contributed by atoms with Crippen molar-refractivity contribution in [1.82, 2.24) is 10.1 Å². The minimum absolute atomic E-state index is 0.000421. The third kappa shape index (κ3) is 2.88. The molecule has 0 saturated carbocycles. The molecule has 2 rings (SSSR count). The summed E-state index contributed by atoms with van der Waals surface area (Å²) in [6.07, 6.45) is 0. The number of hydrogen-bond acceptors (Lipinski definition) is 5. The van der Waals surface area contributed by atoms with Gasteiger partial charge >= 0.3 is 0 Å². The fourth-order valence-electron chi connectivity index (χ4n) is 1.60. The van der Waals surface area contributed by atoms with Gasteiger partial charge in [0, 0.05) is 11.1 Å². The number of aromatic nitrogens is 2. The standard InChI is InChI=1S/C13H16ClN3O2/c1-7(8(2)15)13-16-12(17-19-13)10-5-4-9(14)6-11(10)18-3/h4-8H,15H2,1-3H3. The van der Waals surface area contributed by atoms with Crippen LogP contribution >= 0.6 is 11.6 Å². The van der Waals surface area contributed by atoms with Gasteiger partial charge in [0.1, 0.15) is 5.75 Å². The molecule has 1 heterocycles. The van der Waals surface area contributed by atoms with Crippen molar-refractivity contribution in [1.29, 1.82) is 0 Å². The number of benzene rings is 1. The van der Waals surface area contributed by atoms with Gasteiger partial charge < -0.3 is 15.0 Å². The van der Waals surface area contributed by atoms with Crippen LogP contribution in [0.1, 0.15) is 25.7 Å². The quantitative estimate of drug-likeness (QED) is 0.933. The van der Waals surface area contributed by atoms with Crippen LogP contribution in [0, 0.1) is 0 Å². The maximum absolute atomic E-state index is 5.92. The summed E-state index contributed by atoms with van der Waals surface area (Å²) in [5, 5.41) is 4.55. The molecule has 2 N–H and O–H groups in total. The second kappa shape index (κ2) is 5.59. The molecular formula is C13H16ClN3O2. The molecule has 0 spiro atoms. The molecule has 2 unspecified atom stereocenters. The Kier molecular flexibility index (Phi) is 4.07. The molecule has 1 aromatic heterocycles. The van der Waals surface area contributed by atoms with Crippen LogP contribution in [0.2, 0.25) is 5.02 Å². The summed E-state index contributed by atoms with van der Waals surface area (Å²) >= 11 is 5.92. The Hall–Kier alpha value is -1.59. The van der Waals surface area contributed by atoms with Gasteiger partial charge in [0.05, 0.1) is 18.6 Å². The second-order valence-electron chi connectivity index (χ2n) is 4.45. The van der Waals surface area contributed by atoms with Gasteiger partial charge in [-0.05, 0) is 25.1 Å². The Balaban J connectivity index is 2.38. The van der Waals surface area contributed by atoms with E-state index in [0.29, 0.717) is 22.5 Å². The molecule has 0 aliphatic rings.